The summed E-state index contributed by atoms with van der Waals surface area (Å²) in [7, 11) is 1.72. The van der Waals surface area contributed by atoms with Crippen LogP contribution in [0.25, 0.3) is 16.2 Å². The lowest BCUT2D eigenvalue weighted by Crippen LogP contribution is -2.27. The molecule has 154 valence electrons. The molecule has 2 aromatic heterocycles. The standard InChI is InChI=1S/C22H28N4O2S/c1-15-8-6-9-17(14-15)18-20(23-10-7-13-28-3)26-16(2)19(29-22(26)24-18)21(27)25-11-4-5-12-25/h6,8-9,14,23H,4-5,7,10-13H2,1-3H3. The van der Waals surface area contributed by atoms with Gasteiger partial charge in [0.25, 0.3) is 5.91 Å². The van der Waals surface area contributed by atoms with E-state index in [0.29, 0.717) is 6.61 Å². The summed E-state index contributed by atoms with van der Waals surface area (Å²) in [4.78, 5) is 21.6. The van der Waals surface area contributed by atoms with E-state index < -0.39 is 0 Å². The van der Waals surface area contributed by atoms with Crippen LogP contribution in [0.5, 0.6) is 0 Å². The number of benzene rings is 1. The number of imidazole rings is 1. The highest BCUT2D eigenvalue weighted by Crippen LogP contribution is 2.35. The second-order valence-corrected chi connectivity index (χ2v) is 8.56. The van der Waals surface area contributed by atoms with E-state index in [2.05, 4.69) is 40.9 Å². The van der Waals surface area contributed by atoms with Crippen LogP contribution in [0.1, 0.15) is 40.2 Å². The highest BCUT2D eigenvalue weighted by molar-refractivity contribution is 7.19. The van der Waals surface area contributed by atoms with Crippen LogP contribution in [0.3, 0.4) is 0 Å². The second-order valence-electron chi connectivity index (χ2n) is 7.59. The third-order valence-corrected chi connectivity index (χ3v) is 6.53. The summed E-state index contributed by atoms with van der Waals surface area (Å²) in [6.45, 7) is 7.31. The Balaban J connectivity index is 1.76. The molecule has 1 N–H and O–H groups in total. The third kappa shape index (κ3) is 3.89. The van der Waals surface area contributed by atoms with Crippen molar-refractivity contribution in [2.75, 3.05) is 38.7 Å². The Labute approximate surface area is 175 Å². The molecular formula is C22H28N4O2S. The zero-order valence-electron chi connectivity index (χ0n) is 17.3. The molecule has 1 aromatic carbocycles. The number of amides is 1. The van der Waals surface area contributed by atoms with Gasteiger partial charge in [0.15, 0.2) is 4.96 Å². The van der Waals surface area contributed by atoms with Gasteiger partial charge in [-0.05, 0) is 39.2 Å². The number of aromatic nitrogens is 2. The van der Waals surface area contributed by atoms with Crippen molar-refractivity contribution in [3.63, 3.8) is 0 Å². The molecule has 1 amide bonds. The fraction of sp³-hybridized carbons (Fsp3) is 0.455. The summed E-state index contributed by atoms with van der Waals surface area (Å²) in [6.07, 6.45) is 3.09. The van der Waals surface area contributed by atoms with Gasteiger partial charge in [0.1, 0.15) is 16.4 Å². The van der Waals surface area contributed by atoms with Gasteiger partial charge in [0.2, 0.25) is 0 Å². The van der Waals surface area contributed by atoms with Crippen molar-refractivity contribution < 1.29 is 9.53 Å². The monoisotopic (exact) mass is 412 g/mol. The maximum absolute atomic E-state index is 13.0. The molecule has 0 saturated carbocycles. The van der Waals surface area contributed by atoms with Crippen molar-refractivity contribution in [1.29, 1.82) is 0 Å². The van der Waals surface area contributed by atoms with Crippen molar-refractivity contribution in [1.82, 2.24) is 14.3 Å². The Morgan fingerprint density at radius 1 is 1.28 bits per heavy atom. The summed E-state index contributed by atoms with van der Waals surface area (Å²) in [5.74, 6) is 1.09. The molecule has 1 aliphatic heterocycles. The lowest BCUT2D eigenvalue weighted by Gasteiger charge is -2.14. The molecule has 7 heteroatoms. The quantitative estimate of drug-likeness (QED) is 0.586. The van der Waals surface area contributed by atoms with Gasteiger partial charge in [0.05, 0.1) is 0 Å². The van der Waals surface area contributed by atoms with Gasteiger partial charge in [-0.15, -0.1) is 0 Å². The van der Waals surface area contributed by atoms with E-state index in [1.54, 1.807) is 7.11 Å². The summed E-state index contributed by atoms with van der Waals surface area (Å²) in [5, 5.41) is 3.55. The smallest absolute Gasteiger partial charge is 0.265 e. The molecule has 3 heterocycles. The number of rotatable bonds is 7. The average molecular weight is 413 g/mol. The van der Waals surface area contributed by atoms with Gasteiger partial charge in [-0.2, -0.15) is 0 Å². The number of ether oxygens (including phenoxy) is 1. The number of hydrogen-bond donors (Lipinski definition) is 1. The molecule has 0 bridgehead atoms. The van der Waals surface area contributed by atoms with Crippen molar-refractivity contribution >= 4 is 28.0 Å². The average Bonchev–Trinajstić information content (AvgIpc) is 3.43. The van der Waals surface area contributed by atoms with E-state index in [1.807, 2.05) is 11.8 Å². The van der Waals surface area contributed by atoms with E-state index in [1.165, 1.54) is 16.9 Å². The van der Waals surface area contributed by atoms with Gasteiger partial charge >= 0.3 is 0 Å². The predicted molar refractivity (Wildman–Crippen MR) is 118 cm³/mol. The predicted octanol–water partition coefficient (Wildman–Crippen LogP) is 4.36. The van der Waals surface area contributed by atoms with Crippen LogP contribution in [0.4, 0.5) is 5.82 Å². The number of nitrogens with zero attached hydrogens (tertiary/aromatic N) is 3. The molecule has 29 heavy (non-hydrogen) atoms. The maximum atomic E-state index is 13.0. The number of likely N-dealkylation sites (tertiary alicyclic amines) is 1. The second kappa shape index (κ2) is 8.55. The molecule has 0 radical (unpaired) electrons. The van der Waals surface area contributed by atoms with Crippen LogP contribution in [-0.2, 0) is 4.74 Å². The Bertz CT molecular complexity index is 1020. The highest BCUT2D eigenvalue weighted by Gasteiger charge is 2.27. The maximum Gasteiger partial charge on any atom is 0.265 e. The normalized spacial score (nSPS) is 14.1. The van der Waals surface area contributed by atoms with Crippen molar-refractivity contribution in [3.8, 4) is 11.3 Å². The van der Waals surface area contributed by atoms with Gasteiger partial charge < -0.3 is 15.0 Å². The molecule has 0 spiro atoms. The minimum atomic E-state index is 0.137. The number of nitrogens with one attached hydrogen (secondary N) is 1. The first-order valence-electron chi connectivity index (χ1n) is 10.2. The molecule has 6 nitrogen and oxygen atoms in total. The fourth-order valence-corrected chi connectivity index (χ4v) is 4.98. The van der Waals surface area contributed by atoms with Crippen molar-refractivity contribution in [2.45, 2.75) is 33.1 Å². The fourth-order valence-electron chi connectivity index (χ4n) is 3.89. The van der Waals surface area contributed by atoms with Crippen molar-refractivity contribution in [3.05, 3.63) is 40.4 Å². The van der Waals surface area contributed by atoms with Gasteiger partial charge in [0, 0.05) is 44.6 Å². The number of carbonyl (C=O) groups is 1. The molecule has 1 saturated heterocycles. The zero-order valence-corrected chi connectivity index (χ0v) is 18.1. The topological polar surface area (TPSA) is 58.9 Å². The van der Waals surface area contributed by atoms with Crippen LogP contribution in [0, 0.1) is 13.8 Å². The summed E-state index contributed by atoms with van der Waals surface area (Å²) in [6, 6.07) is 8.39. The van der Waals surface area contributed by atoms with E-state index >= 15 is 0 Å². The number of aryl methyl sites for hydroxylation is 2. The summed E-state index contributed by atoms with van der Waals surface area (Å²) < 4.78 is 7.29. The van der Waals surface area contributed by atoms with Crippen LogP contribution < -0.4 is 5.32 Å². The first-order valence-corrected chi connectivity index (χ1v) is 11.0. The number of methoxy groups -OCH3 is 1. The Hall–Kier alpha value is -2.38. The SMILES string of the molecule is COCCCNc1c(-c2cccc(C)c2)nc2sc(C(=O)N3CCCC3)c(C)n12. The molecule has 4 rings (SSSR count). The van der Waals surface area contributed by atoms with Crippen LogP contribution in [0.2, 0.25) is 0 Å². The Morgan fingerprint density at radius 2 is 2.07 bits per heavy atom. The number of fused-ring (bicyclic) bond motifs is 1. The van der Waals surface area contributed by atoms with Crippen LogP contribution >= 0.6 is 11.3 Å². The van der Waals surface area contributed by atoms with Crippen LogP contribution in [-0.4, -0.2) is 53.5 Å². The third-order valence-electron chi connectivity index (χ3n) is 5.40. The zero-order chi connectivity index (χ0) is 20.4. The van der Waals surface area contributed by atoms with Crippen LogP contribution in [0.15, 0.2) is 24.3 Å². The highest BCUT2D eigenvalue weighted by atomic mass is 32.1. The minimum absolute atomic E-state index is 0.137. The number of hydrogen-bond acceptors (Lipinski definition) is 5. The minimum Gasteiger partial charge on any atom is -0.385 e. The molecule has 1 aliphatic rings. The largest absolute Gasteiger partial charge is 0.385 e. The van der Waals surface area contributed by atoms with Gasteiger partial charge in [-0.3, -0.25) is 9.20 Å². The first kappa shape index (κ1) is 19.9. The number of thiazole rings is 1. The lowest BCUT2D eigenvalue weighted by molar-refractivity contribution is 0.0796. The Morgan fingerprint density at radius 3 is 2.79 bits per heavy atom. The van der Waals surface area contributed by atoms with Crippen molar-refractivity contribution in [2.24, 2.45) is 0 Å². The van der Waals surface area contributed by atoms with E-state index in [9.17, 15) is 4.79 Å². The first-order chi connectivity index (χ1) is 14.1. The molecule has 0 atom stereocenters. The molecule has 0 aliphatic carbocycles. The Kier molecular flexibility index (Phi) is 5.87. The van der Waals surface area contributed by atoms with E-state index in [0.717, 1.165) is 71.5 Å². The van der Waals surface area contributed by atoms with E-state index in [4.69, 9.17) is 9.72 Å². The van der Waals surface area contributed by atoms with Gasteiger partial charge in [-0.25, -0.2) is 4.98 Å². The lowest BCUT2D eigenvalue weighted by atomic mass is 10.1. The molecule has 0 unspecified atom stereocenters. The number of anilines is 1. The summed E-state index contributed by atoms with van der Waals surface area (Å²) in [5.41, 5.74) is 4.18. The molecule has 3 aromatic rings. The molecule has 1 fully saturated rings. The number of carbonyl (C=O) groups excluding carboxylic acids is 1. The van der Waals surface area contributed by atoms with Gasteiger partial charge in [-0.1, -0.05) is 35.1 Å². The molecular weight excluding hydrogens is 384 g/mol. The summed E-state index contributed by atoms with van der Waals surface area (Å²) >= 11 is 1.49. The van der Waals surface area contributed by atoms with E-state index in [-0.39, 0.29) is 5.91 Å².